The van der Waals surface area contributed by atoms with Gasteiger partial charge in [-0.3, -0.25) is 4.68 Å². The molecule has 8 rings (SSSR count). The molecule has 0 fully saturated rings. The van der Waals surface area contributed by atoms with Crippen molar-refractivity contribution in [3.05, 3.63) is 124 Å². The Hall–Kier alpha value is -4.88. The molecule has 0 atom stereocenters. The second-order valence-electron chi connectivity index (χ2n) is 14.2. The SMILES string of the molecule is CCOC(=O)c1c(CCCOc2cc(SCc3ccc(OC)cc3)cc3ccccc23)c2ccc(Cl)c(-c3c(CSCc4cc(CO)on4)nn4c3CCC4)c2n1C. The number of methoxy groups -OCH3 is 1. The molecule has 7 aromatic rings. The third kappa shape index (κ3) is 8.20. The zero-order valence-corrected chi connectivity index (χ0v) is 35.1. The number of hydrogen-bond donors (Lipinski definition) is 1. The zero-order valence-electron chi connectivity index (χ0n) is 32.8. The first-order valence-corrected chi connectivity index (χ1v) is 22.0. The summed E-state index contributed by atoms with van der Waals surface area (Å²) in [6.07, 6.45) is 3.16. The second kappa shape index (κ2) is 17.9. The molecule has 4 heterocycles. The summed E-state index contributed by atoms with van der Waals surface area (Å²) < 4.78 is 26.8. The van der Waals surface area contributed by atoms with Crippen LogP contribution in [0.4, 0.5) is 0 Å². The van der Waals surface area contributed by atoms with Gasteiger partial charge in [0.25, 0.3) is 0 Å². The minimum atomic E-state index is -0.363. The lowest BCUT2D eigenvalue weighted by molar-refractivity contribution is 0.0514. The minimum absolute atomic E-state index is 0.186. The van der Waals surface area contributed by atoms with Crippen LogP contribution in [-0.2, 0) is 55.0 Å². The van der Waals surface area contributed by atoms with Gasteiger partial charge in [0, 0.05) is 69.4 Å². The van der Waals surface area contributed by atoms with E-state index in [2.05, 4.69) is 52.3 Å². The first-order valence-electron chi connectivity index (χ1n) is 19.5. The molecule has 58 heavy (non-hydrogen) atoms. The van der Waals surface area contributed by atoms with Crippen LogP contribution in [0.25, 0.3) is 32.8 Å². The van der Waals surface area contributed by atoms with Crippen LogP contribution in [0.15, 0.2) is 88.3 Å². The molecule has 13 heteroatoms. The molecule has 3 aromatic heterocycles. The van der Waals surface area contributed by atoms with Crippen LogP contribution in [0.2, 0.25) is 5.02 Å². The number of aliphatic hydroxyl groups is 1. The Kier molecular flexibility index (Phi) is 12.4. The summed E-state index contributed by atoms with van der Waals surface area (Å²) >= 11 is 10.6. The highest BCUT2D eigenvalue weighted by atomic mass is 35.5. The lowest BCUT2D eigenvalue weighted by atomic mass is 9.97. The molecule has 0 aliphatic carbocycles. The molecule has 0 spiro atoms. The van der Waals surface area contributed by atoms with E-state index in [1.54, 1.807) is 36.7 Å². The lowest BCUT2D eigenvalue weighted by Gasteiger charge is -2.13. The number of ether oxygens (including phenoxy) is 3. The number of aryl methyl sites for hydroxylation is 3. The van der Waals surface area contributed by atoms with Gasteiger partial charge in [0.15, 0.2) is 5.76 Å². The van der Waals surface area contributed by atoms with E-state index in [0.717, 1.165) is 97.0 Å². The quantitative estimate of drug-likeness (QED) is 0.0540. The molecule has 4 aromatic carbocycles. The van der Waals surface area contributed by atoms with Gasteiger partial charge in [0.1, 0.15) is 23.8 Å². The Morgan fingerprint density at radius 2 is 1.84 bits per heavy atom. The van der Waals surface area contributed by atoms with Gasteiger partial charge in [-0.05, 0) is 79.5 Å². The van der Waals surface area contributed by atoms with Crippen LogP contribution in [0.1, 0.15) is 64.2 Å². The molecule has 0 saturated carbocycles. The maximum Gasteiger partial charge on any atom is 0.355 e. The van der Waals surface area contributed by atoms with Crippen molar-refractivity contribution in [2.45, 2.75) is 67.9 Å². The lowest BCUT2D eigenvalue weighted by Crippen LogP contribution is -2.13. The molecule has 10 nitrogen and oxygen atoms in total. The van der Waals surface area contributed by atoms with Crippen molar-refractivity contribution < 1.29 is 28.6 Å². The van der Waals surface area contributed by atoms with Gasteiger partial charge in [0.05, 0.1) is 42.3 Å². The van der Waals surface area contributed by atoms with E-state index in [1.165, 1.54) is 5.56 Å². The number of rotatable bonds is 17. The number of thioether (sulfide) groups is 2. The summed E-state index contributed by atoms with van der Waals surface area (Å²) in [4.78, 5) is 14.9. The van der Waals surface area contributed by atoms with Gasteiger partial charge >= 0.3 is 5.97 Å². The summed E-state index contributed by atoms with van der Waals surface area (Å²) in [5.41, 5.74) is 8.30. The van der Waals surface area contributed by atoms with Crippen LogP contribution in [0, 0.1) is 0 Å². The second-order valence-corrected chi connectivity index (χ2v) is 16.6. The largest absolute Gasteiger partial charge is 0.497 e. The van der Waals surface area contributed by atoms with Crippen LogP contribution >= 0.6 is 35.1 Å². The first kappa shape index (κ1) is 39.9. The van der Waals surface area contributed by atoms with E-state index in [-0.39, 0.29) is 19.2 Å². The van der Waals surface area contributed by atoms with E-state index in [0.29, 0.717) is 47.4 Å². The van der Waals surface area contributed by atoms with Crippen LogP contribution in [0.3, 0.4) is 0 Å². The number of aliphatic hydroxyl groups excluding tert-OH is 1. The number of aromatic nitrogens is 4. The van der Waals surface area contributed by atoms with Crippen molar-refractivity contribution in [3.8, 4) is 22.6 Å². The van der Waals surface area contributed by atoms with Crippen molar-refractivity contribution in [3.63, 3.8) is 0 Å². The maximum atomic E-state index is 13.8. The van der Waals surface area contributed by atoms with Crippen molar-refractivity contribution in [2.24, 2.45) is 7.05 Å². The number of esters is 1. The van der Waals surface area contributed by atoms with Crippen LogP contribution in [-0.4, -0.2) is 50.9 Å². The monoisotopic (exact) mass is 836 g/mol. The van der Waals surface area contributed by atoms with Crippen molar-refractivity contribution >= 4 is 62.8 Å². The predicted octanol–water partition coefficient (Wildman–Crippen LogP) is 10.2. The van der Waals surface area contributed by atoms with Gasteiger partial charge in [0.2, 0.25) is 0 Å². The van der Waals surface area contributed by atoms with E-state index in [9.17, 15) is 9.90 Å². The number of carbonyl (C=O) groups excluding carboxylic acids is 1. The molecular weight excluding hydrogens is 792 g/mol. The predicted molar refractivity (Wildman–Crippen MR) is 231 cm³/mol. The number of hydrogen-bond acceptors (Lipinski definition) is 10. The Morgan fingerprint density at radius 3 is 2.64 bits per heavy atom. The maximum absolute atomic E-state index is 13.8. The Morgan fingerprint density at radius 1 is 1.00 bits per heavy atom. The molecule has 0 saturated heterocycles. The van der Waals surface area contributed by atoms with Crippen LogP contribution < -0.4 is 9.47 Å². The highest BCUT2D eigenvalue weighted by Crippen LogP contribution is 2.44. The summed E-state index contributed by atoms with van der Waals surface area (Å²) in [6, 6.07) is 26.6. The molecule has 0 bridgehead atoms. The molecule has 0 radical (unpaired) electrons. The van der Waals surface area contributed by atoms with Gasteiger partial charge in [-0.1, -0.05) is 59.2 Å². The highest BCUT2D eigenvalue weighted by molar-refractivity contribution is 7.98. The average molecular weight is 837 g/mol. The van der Waals surface area contributed by atoms with E-state index in [1.807, 2.05) is 48.9 Å². The molecule has 300 valence electrons. The normalized spacial score (nSPS) is 12.4. The van der Waals surface area contributed by atoms with E-state index >= 15 is 0 Å². The summed E-state index contributed by atoms with van der Waals surface area (Å²) in [6.45, 7) is 3.21. The Labute approximate surface area is 350 Å². The van der Waals surface area contributed by atoms with Crippen molar-refractivity contribution in [1.82, 2.24) is 19.5 Å². The van der Waals surface area contributed by atoms with Crippen LogP contribution in [0.5, 0.6) is 11.5 Å². The summed E-state index contributed by atoms with van der Waals surface area (Å²) in [5.74, 6) is 3.82. The van der Waals surface area contributed by atoms with Gasteiger partial charge in [-0.25, -0.2) is 4.79 Å². The standard InChI is InChI=1S/C45H45ClN4O6S2/c1-4-54-45(52)44-35(11-8-20-55-40-23-33(21-29-9-5-6-10-34(29)40)58-25-28-13-15-31(53-3)16-14-28)36-17-18-37(46)41(43(36)49(44)2)42-38(47-50-19-7-12-39(42)50)27-57-26-30-22-32(24-51)56-48-30/h5-6,9-10,13-18,21-23,51H,4,7-8,11-12,19-20,24-27H2,1-3H3. The Balaban J connectivity index is 1.07. The topological polar surface area (TPSA) is 114 Å². The molecular formula is C45H45ClN4O6S2. The summed E-state index contributed by atoms with van der Waals surface area (Å²) in [7, 11) is 3.61. The number of carbonyl (C=O) groups is 1. The fourth-order valence-corrected chi connectivity index (χ4v) is 9.87. The van der Waals surface area contributed by atoms with Crippen molar-refractivity contribution in [1.29, 1.82) is 0 Å². The zero-order chi connectivity index (χ0) is 40.2. The Bertz CT molecular complexity index is 2580. The molecule has 0 amide bonds. The highest BCUT2D eigenvalue weighted by Gasteiger charge is 2.30. The van der Waals surface area contributed by atoms with Gasteiger partial charge in [-0.2, -0.15) is 5.10 Å². The average Bonchev–Trinajstić information content (AvgIpc) is 4.03. The third-order valence-corrected chi connectivity index (χ3v) is 12.8. The number of fused-ring (bicyclic) bond motifs is 3. The van der Waals surface area contributed by atoms with Gasteiger partial charge in [-0.15, -0.1) is 23.5 Å². The van der Waals surface area contributed by atoms with Crippen molar-refractivity contribution in [2.75, 3.05) is 20.3 Å². The molecule has 1 aliphatic rings. The fraction of sp³-hybridized carbons (Fsp3) is 0.311. The third-order valence-electron chi connectivity index (χ3n) is 10.5. The molecule has 0 unspecified atom stereocenters. The smallest absolute Gasteiger partial charge is 0.355 e. The number of halogens is 1. The first-order chi connectivity index (χ1) is 28.4. The van der Waals surface area contributed by atoms with E-state index < -0.39 is 0 Å². The molecule has 1 aliphatic heterocycles. The number of nitrogens with zero attached hydrogens (tertiary/aromatic N) is 4. The minimum Gasteiger partial charge on any atom is -0.497 e. The van der Waals surface area contributed by atoms with Gasteiger partial charge < -0.3 is 28.4 Å². The summed E-state index contributed by atoms with van der Waals surface area (Å²) in [5, 5.41) is 22.3. The molecule has 1 N–H and O–H groups in total. The van der Waals surface area contributed by atoms with E-state index in [4.69, 9.17) is 35.4 Å². The number of benzene rings is 4. The fourth-order valence-electron chi connectivity index (χ4n) is 7.85.